The van der Waals surface area contributed by atoms with Crippen LogP contribution < -0.4 is 0 Å². The van der Waals surface area contributed by atoms with Crippen LogP contribution >= 0.6 is 0 Å². The minimum absolute atomic E-state index is 0.201. The Morgan fingerprint density at radius 1 is 0.875 bits per heavy atom. The molecule has 5 heteroatoms. The van der Waals surface area contributed by atoms with E-state index in [2.05, 4.69) is 0 Å². The summed E-state index contributed by atoms with van der Waals surface area (Å²) in [5.74, 6) is -2.00. The number of carbonyl (C=O) groups is 2. The number of benzene rings is 2. The van der Waals surface area contributed by atoms with Gasteiger partial charge in [0.1, 0.15) is 11.6 Å². The normalized spacial score (nSPS) is 12.5. The quantitative estimate of drug-likeness (QED) is 0.612. The van der Waals surface area contributed by atoms with Gasteiger partial charge in [0.2, 0.25) is 5.78 Å². The van der Waals surface area contributed by atoms with Crippen LogP contribution in [0.5, 0.6) is 0 Å². The number of Topliss-reactive ketones (excluding diaryl/α,β-unsaturated/α-hetero) is 1. The maximum Gasteiger partial charge on any atom is 0.312 e. The van der Waals surface area contributed by atoms with Crippen molar-refractivity contribution in [1.29, 1.82) is 0 Å². The van der Waals surface area contributed by atoms with Crippen molar-refractivity contribution in [2.75, 3.05) is 0 Å². The molecule has 1 unspecified atom stereocenters. The molecule has 0 aliphatic carbocycles. The van der Waals surface area contributed by atoms with Gasteiger partial charge in [0.25, 0.3) is 0 Å². The molecule has 24 heavy (non-hydrogen) atoms. The Morgan fingerprint density at radius 3 is 1.79 bits per heavy atom. The molecule has 0 heterocycles. The molecule has 2 aromatic carbocycles. The van der Waals surface area contributed by atoms with E-state index in [1.54, 1.807) is 20.8 Å². The first-order valence-corrected chi connectivity index (χ1v) is 7.45. The zero-order valence-electron chi connectivity index (χ0n) is 13.7. The molecule has 3 nitrogen and oxygen atoms in total. The molecule has 126 valence electrons. The van der Waals surface area contributed by atoms with Crippen molar-refractivity contribution in [3.05, 3.63) is 71.3 Å². The molecule has 0 amide bonds. The fourth-order valence-corrected chi connectivity index (χ4v) is 1.96. The Kier molecular flexibility index (Phi) is 5.12. The van der Waals surface area contributed by atoms with Gasteiger partial charge in [0.05, 0.1) is 5.41 Å². The van der Waals surface area contributed by atoms with Crippen LogP contribution in [0.4, 0.5) is 8.78 Å². The highest BCUT2D eigenvalue weighted by Gasteiger charge is 2.31. The summed E-state index contributed by atoms with van der Waals surface area (Å²) in [6, 6.07) is 10.1. The van der Waals surface area contributed by atoms with E-state index in [-0.39, 0.29) is 5.56 Å². The van der Waals surface area contributed by atoms with E-state index in [4.69, 9.17) is 4.74 Å². The number of esters is 1. The number of carbonyl (C=O) groups excluding carboxylic acids is 2. The van der Waals surface area contributed by atoms with Crippen LogP contribution in [0.1, 0.15) is 42.8 Å². The minimum atomic E-state index is -1.22. The lowest BCUT2D eigenvalue weighted by atomic mass is 9.95. The third-order valence-corrected chi connectivity index (χ3v) is 3.38. The number of hydrogen-bond donors (Lipinski definition) is 0. The van der Waals surface area contributed by atoms with E-state index in [0.29, 0.717) is 5.56 Å². The maximum absolute atomic E-state index is 13.1. The molecule has 0 saturated carbocycles. The largest absolute Gasteiger partial charge is 0.449 e. The van der Waals surface area contributed by atoms with Crippen molar-refractivity contribution in [3.8, 4) is 0 Å². The third kappa shape index (κ3) is 4.25. The molecule has 0 aliphatic rings. The molecule has 0 saturated heterocycles. The number of halogens is 2. The fraction of sp³-hybridized carbons (Fsp3) is 0.263. The lowest BCUT2D eigenvalue weighted by Crippen LogP contribution is -2.28. The molecule has 2 aromatic rings. The molecule has 0 aromatic heterocycles. The molecule has 0 bridgehead atoms. The molecule has 0 aliphatic heterocycles. The van der Waals surface area contributed by atoms with E-state index >= 15 is 0 Å². The maximum atomic E-state index is 13.1. The molecular formula is C19H18F2O3. The van der Waals surface area contributed by atoms with Crippen molar-refractivity contribution < 1.29 is 23.1 Å². The van der Waals surface area contributed by atoms with Crippen molar-refractivity contribution in [3.63, 3.8) is 0 Å². The second kappa shape index (κ2) is 6.91. The van der Waals surface area contributed by atoms with Crippen LogP contribution in [0.2, 0.25) is 0 Å². The van der Waals surface area contributed by atoms with Gasteiger partial charge in [-0.15, -0.1) is 0 Å². The van der Waals surface area contributed by atoms with Gasteiger partial charge in [-0.2, -0.15) is 0 Å². The average Bonchev–Trinajstić information content (AvgIpc) is 2.52. The van der Waals surface area contributed by atoms with Gasteiger partial charge in [-0.05, 0) is 57.2 Å². The van der Waals surface area contributed by atoms with E-state index in [1.807, 2.05) is 0 Å². The van der Waals surface area contributed by atoms with Crippen molar-refractivity contribution >= 4 is 11.8 Å². The van der Waals surface area contributed by atoms with Gasteiger partial charge >= 0.3 is 5.97 Å². The zero-order chi connectivity index (χ0) is 17.9. The monoisotopic (exact) mass is 332 g/mol. The minimum Gasteiger partial charge on any atom is -0.449 e. The molecule has 0 radical (unpaired) electrons. The summed E-state index contributed by atoms with van der Waals surface area (Å²) in [5.41, 5.74) is -0.253. The summed E-state index contributed by atoms with van der Waals surface area (Å²) < 4.78 is 31.6. The van der Waals surface area contributed by atoms with Crippen LogP contribution in [0.25, 0.3) is 0 Å². The lowest BCUT2D eigenvalue weighted by molar-refractivity contribution is -0.156. The summed E-state index contributed by atoms with van der Waals surface area (Å²) in [6.45, 7) is 5.00. The van der Waals surface area contributed by atoms with Crippen LogP contribution in [0.15, 0.2) is 48.5 Å². The SMILES string of the molecule is CC(C)(C)C(=O)OC(C(=O)c1ccc(F)cc1)c1ccc(F)cc1. The average molecular weight is 332 g/mol. The van der Waals surface area contributed by atoms with E-state index in [9.17, 15) is 18.4 Å². The summed E-state index contributed by atoms with van der Waals surface area (Å²) in [4.78, 5) is 24.9. The summed E-state index contributed by atoms with van der Waals surface area (Å²) >= 11 is 0. The van der Waals surface area contributed by atoms with E-state index in [1.165, 1.54) is 36.4 Å². The van der Waals surface area contributed by atoms with Gasteiger partial charge in [-0.3, -0.25) is 9.59 Å². The first-order chi connectivity index (χ1) is 11.2. The van der Waals surface area contributed by atoms with Crippen LogP contribution in [0.3, 0.4) is 0 Å². The van der Waals surface area contributed by atoms with Crippen LogP contribution in [-0.2, 0) is 9.53 Å². The van der Waals surface area contributed by atoms with Gasteiger partial charge < -0.3 is 4.74 Å². The molecule has 1 atom stereocenters. The number of hydrogen-bond acceptors (Lipinski definition) is 3. The number of ether oxygens (including phenoxy) is 1. The Balaban J connectivity index is 2.38. The number of ketones is 1. The lowest BCUT2D eigenvalue weighted by Gasteiger charge is -2.23. The Morgan fingerprint density at radius 2 is 1.33 bits per heavy atom. The predicted molar refractivity (Wildman–Crippen MR) is 85.4 cm³/mol. The van der Waals surface area contributed by atoms with Gasteiger partial charge in [-0.1, -0.05) is 12.1 Å². The summed E-state index contributed by atoms with van der Waals surface area (Å²) in [7, 11) is 0. The summed E-state index contributed by atoms with van der Waals surface area (Å²) in [5, 5.41) is 0. The van der Waals surface area contributed by atoms with Crippen molar-refractivity contribution in [1.82, 2.24) is 0 Å². The Hall–Kier alpha value is -2.56. The Bertz CT molecular complexity index is 729. The molecule has 0 N–H and O–H groups in total. The molecule has 0 spiro atoms. The van der Waals surface area contributed by atoms with Crippen LogP contribution in [0, 0.1) is 17.0 Å². The predicted octanol–water partition coefficient (Wildman–Crippen LogP) is 4.48. The van der Waals surface area contributed by atoms with Gasteiger partial charge in [0, 0.05) is 11.1 Å². The highest BCUT2D eigenvalue weighted by Crippen LogP contribution is 2.27. The van der Waals surface area contributed by atoms with E-state index < -0.39 is 34.9 Å². The van der Waals surface area contributed by atoms with Gasteiger partial charge in [-0.25, -0.2) is 8.78 Å². The first-order valence-electron chi connectivity index (χ1n) is 7.45. The molecule has 0 fully saturated rings. The van der Waals surface area contributed by atoms with E-state index in [0.717, 1.165) is 12.1 Å². The highest BCUT2D eigenvalue weighted by molar-refractivity contribution is 6.01. The van der Waals surface area contributed by atoms with Gasteiger partial charge in [0.15, 0.2) is 6.10 Å². The topological polar surface area (TPSA) is 43.4 Å². The van der Waals surface area contributed by atoms with Crippen molar-refractivity contribution in [2.45, 2.75) is 26.9 Å². The summed E-state index contributed by atoms with van der Waals surface area (Å²) in [6.07, 6.45) is -1.22. The first kappa shape index (κ1) is 17.8. The van der Waals surface area contributed by atoms with Crippen LogP contribution in [-0.4, -0.2) is 11.8 Å². The smallest absolute Gasteiger partial charge is 0.312 e. The molecular weight excluding hydrogens is 314 g/mol. The fourth-order valence-electron chi connectivity index (χ4n) is 1.96. The third-order valence-electron chi connectivity index (χ3n) is 3.38. The standard InChI is InChI=1S/C19H18F2O3/c1-19(2,3)18(23)24-17(13-6-10-15(21)11-7-13)16(22)12-4-8-14(20)9-5-12/h4-11,17H,1-3H3. The zero-order valence-corrected chi connectivity index (χ0v) is 13.7. The second-order valence-electron chi connectivity index (χ2n) is 6.46. The number of rotatable bonds is 4. The Labute approximate surface area is 139 Å². The highest BCUT2D eigenvalue weighted by atomic mass is 19.1. The second-order valence-corrected chi connectivity index (χ2v) is 6.46. The van der Waals surface area contributed by atoms with Crippen molar-refractivity contribution in [2.24, 2.45) is 5.41 Å². The molecule has 2 rings (SSSR count).